The molecule has 2 rings (SSSR count). The normalized spacial score (nSPS) is 18.3. The Bertz CT molecular complexity index is 802. The lowest BCUT2D eigenvalue weighted by molar-refractivity contribution is -0.135. The Balaban J connectivity index is 2.10. The van der Waals surface area contributed by atoms with Crippen LogP contribution in [0.1, 0.15) is 37.6 Å². The summed E-state index contributed by atoms with van der Waals surface area (Å²) in [6.45, 7) is 5.67. The third-order valence-corrected chi connectivity index (χ3v) is 6.20. The first-order valence-corrected chi connectivity index (χ1v) is 10.8. The maximum atomic E-state index is 12.7. The summed E-state index contributed by atoms with van der Waals surface area (Å²) < 4.78 is 34.4. The molecule has 0 saturated carbocycles. The molecule has 0 unspecified atom stereocenters. The molecule has 1 saturated heterocycles. The molecular weight excluding hydrogens is 370 g/mol. The van der Waals surface area contributed by atoms with Crippen LogP contribution in [0.4, 0.5) is 0 Å². The van der Waals surface area contributed by atoms with Crippen LogP contribution < -0.4 is 9.47 Å². The van der Waals surface area contributed by atoms with E-state index >= 15 is 0 Å². The van der Waals surface area contributed by atoms with E-state index in [0.717, 1.165) is 0 Å². The molecule has 1 atom stereocenters. The van der Waals surface area contributed by atoms with Crippen LogP contribution in [0.5, 0.6) is 11.5 Å². The predicted molar refractivity (Wildman–Crippen MR) is 102 cm³/mol. The molecule has 7 nitrogen and oxygen atoms in total. The van der Waals surface area contributed by atoms with Crippen LogP contribution in [0.15, 0.2) is 18.2 Å². The van der Waals surface area contributed by atoms with Gasteiger partial charge in [-0.15, -0.1) is 0 Å². The molecule has 0 aromatic heterocycles. The van der Waals surface area contributed by atoms with Crippen LogP contribution in [0.2, 0.25) is 0 Å². The van der Waals surface area contributed by atoms with E-state index < -0.39 is 9.84 Å². The van der Waals surface area contributed by atoms with E-state index in [4.69, 9.17) is 9.47 Å². The van der Waals surface area contributed by atoms with Crippen molar-refractivity contribution < 1.29 is 27.5 Å². The van der Waals surface area contributed by atoms with E-state index in [-0.39, 0.29) is 41.8 Å². The Morgan fingerprint density at radius 1 is 1.26 bits per heavy atom. The zero-order valence-electron chi connectivity index (χ0n) is 16.2. The van der Waals surface area contributed by atoms with Crippen molar-refractivity contribution in [3.05, 3.63) is 23.8 Å². The van der Waals surface area contributed by atoms with Gasteiger partial charge in [0.05, 0.1) is 18.6 Å². The lowest BCUT2D eigenvalue weighted by Crippen LogP contribution is -2.45. The van der Waals surface area contributed by atoms with Crippen molar-refractivity contribution in [3.8, 4) is 11.5 Å². The highest BCUT2D eigenvalue weighted by Crippen LogP contribution is 2.28. The van der Waals surface area contributed by atoms with Crippen molar-refractivity contribution in [1.82, 2.24) is 4.90 Å². The summed E-state index contributed by atoms with van der Waals surface area (Å²) in [6, 6.07) is 4.46. The van der Waals surface area contributed by atoms with E-state index in [1.54, 1.807) is 23.1 Å². The van der Waals surface area contributed by atoms with Crippen LogP contribution in [0.3, 0.4) is 0 Å². The second-order valence-electron chi connectivity index (χ2n) is 7.21. The van der Waals surface area contributed by atoms with Crippen molar-refractivity contribution in [2.45, 2.75) is 33.2 Å². The van der Waals surface area contributed by atoms with Gasteiger partial charge in [0, 0.05) is 18.2 Å². The molecule has 150 valence electrons. The Morgan fingerprint density at radius 3 is 2.48 bits per heavy atom. The van der Waals surface area contributed by atoms with Gasteiger partial charge in [-0.05, 0) is 37.5 Å². The van der Waals surface area contributed by atoms with Crippen molar-refractivity contribution in [2.75, 3.05) is 31.8 Å². The molecule has 8 heteroatoms. The van der Waals surface area contributed by atoms with E-state index in [2.05, 4.69) is 0 Å². The van der Waals surface area contributed by atoms with Crippen LogP contribution in [0.25, 0.3) is 0 Å². The molecule has 1 amide bonds. The van der Waals surface area contributed by atoms with Gasteiger partial charge in [-0.1, -0.05) is 13.8 Å². The summed E-state index contributed by atoms with van der Waals surface area (Å²) in [5.41, 5.74) is 0.489. The summed E-state index contributed by atoms with van der Waals surface area (Å²) in [7, 11) is -1.63. The maximum absolute atomic E-state index is 12.7. The van der Waals surface area contributed by atoms with Crippen molar-refractivity contribution in [1.29, 1.82) is 0 Å². The van der Waals surface area contributed by atoms with Crippen molar-refractivity contribution in [3.63, 3.8) is 0 Å². The van der Waals surface area contributed by atoms with E-state index in [1.165, 1.54) is 14.0 Å². The van der Waals surface area contributed by atoms with Gasteiger partial charge in [-0.3, -0.25) is 9.59 Å². The topological polar surface area (TPSA) is 90.0 Å². The van der Waals surface area contributed by atoms with Gasteiger partial charge in [-0.25, -0.2) is 8.42 Å². The van der Waals surface area contributed by atoms with Crippen LogP contribution in [-0.4, -0.2) is 62.8 Å². The standard InChI is InChI=1S/C19H27NO6S/c1-13(2)10-20(16-7-8-27(23,24)12-16)19(22)11-26-17-6-5-15(14(3)21)9-18(17)25-4/h5-6,9,13,16H,7-8,10-12H2,1-4H3/t16-/m0/s1. The average molecular weight is 397 g/mol. The first kappa shape index (κ1) is 21.2. The largest absolute Gasteiger partial charge is 0.493 e. The first-order chi connectivity index (χ1) is 12.6. The molecule has 1 aliphatic heterocycles. The summed E-state index contributed by atoms with van der Waals surface area (Å²) in [5.74, 6) is 0.698. The summed E-state index contributed by atoms with van der Waals surface area (Å²) in [6.07, 6.45) is 0.456. The number of methoxy groups -OCH3 is 1. The summed E-state index contributed by atoms with van der Waals surface area (Å²) in [5, 5.41) is 0. The number of Topliss-reactive ketones (excluding diaryl/α,β-unsaturated/α-hetero) is 1. The second kappa shape index (κ2) is 8.73. The number of ether oxygens (including phenoxy) is 2. The Kier molecular flexibility index (Phi) is 6.86. The number of sulfone groups is 1. The van der Waals surface area contributed by atoms with Gasteiger partial charge in [-0.2, -0.15) is 0 Å². The Morgan fingerprint density at radius 2 is 1.96 bits per heavy atom. The lowest BCUT2D eigenvalue weighted by Gasteiger charge is -2.30. The third-order valence-electron chi connectivity index (χ3n) is 4.45. The van der Waals surface area contributed by atoms with Gasteiger partial charge in [0.1, 0.15) is 0 Å². The fourth-order valence-corrected chi connectivity index (χ4v) is 4.83. The monoisotopic (exact) mass is 397 g/mol. The molecule has 0 radical (unpaired) electrons. The zero-order chi connectivity index (χ0) is 20.2. The van der Waals surface area contributed by atoms with Gasteiger partial charge in [0.2, 0.25) is 0 Å². The molecule has 0 bridgehead atoms. The minimum atomic E-state index is -3.09. The predicted octanol–water partition coefficient (Wildman–Crippen LogP) is 1.95. The van der Waals surface area contributed by atoms with Gasteiger partial charge in [0.25, 0.3) is 5.91 Å². The highest BCUT2D eigenvalue weighted by molar-refractivity contribution is 7.91. The number of hydrogen-bond donors (Lipinski definition) is 0. The van der Waals surface area contributed by atoms with Crippen molar-refractivity contribution >= 4 is 21.5 Å². The third kappa shape index (κ3) is 5.69. The number of hydrogen-bond acceptors (Lipinski definition) is 6. The molecule has 1 aliphatic rings. The SMILES string of the molecule is COc1cc(C(C)=O)ccc1OCC(=O)N(CC(C)C)[C@H]1CCS(=O)(=O)C1. The quantitative estimate of drug-likeness (QED) is 0.623. The molecular formula is C19H27NO6S. The minimum Gasteiger partial charge on any atom is -0.493 e. The van der Waals surface area contributed by atoms with Crippen LogP contribution >= 0.6 is 0 Å². The Hall–Kier alpha value is -2.09. The minimum absolute atomic E-state index is 0.00207. The first-order valence-electron chi connectivity index (χ1n) is 8.94. The maximum Gasteiger partial charge on any atom is 0.260 e. The number of amides is 1. The Labute approximate surface area is 160 Å². The molecule has 0 spiro atoms. The highest BCUT2D eigenvalue weighted by Gasteiger charge is 2.35. The van der Waals surface area contributed by atoms with E-state index in [9.17, 15) is 18.0 Å². The van der Waals surface area contributed by atoms with Crippen molar-refractivity contribution in [2.24, 2.45) is 5.92 Å². The van der Waals surface area contributed by atoms with Gasteiger partial charge in [0.15, 0.2) is 33.7 Å². The molecule has 27 heavy (non-hydrogen) atoms. The number of ketones is 1. The fourth-order valence-electron chi connectivity index (χ4n) is 3.10. The molecule has 0 N–H and O–H groups in total. The highest BCUT2D eigenvalue weighted by atomic mass is 32.2. The zero-order valence-corrected chi connectivity index (χ0v) is 17.0. The number of nitrogens with zero attached hydrogens (tertiary/aromatic N) is 1. The second-order valence-corrected chi connectivity index (χ2v) is 9.44. The molecule has 1 aromatic rings. The lowest BCUT2D eigenvalue weighted by atomic mass is 10.1. The number of carbonyl (C=O) groups is 2. The smallest absolute Gasteiger partial charge is 0.260 e. The number of rotatable bonds is 8. The molecule has 0 aliphatic carbocycles. The fraction of sp³-hybridized carbons (Fsp3) is 0.579. The van der Waals surface area contributed by atoms with Crippen LogP contribution in [0, 0.1) is 5.92 Å². The molecule has 1 fully saturated rings. The van der Waals surface area contributed by atoms with Crippen LogP contribution in [-0.2, 0) is 14.6 Å². The van der Waals surface area contributed by atoms with Gasteiger partial charge < -0.3 is 14.4 Å². The number of benzene rings is 1. The van der Waals surface area contributed by atoms with E-state index in [1.807, 2.05) is 13.8 Å². The number of carbonyl (C=O) groups excluding carboxylic acids is 2. The summed E-state index contributed by atoms with van der Waals surface area (Å²) in [4.78, 5) is 25.8. The van der Waals surface area contributed by atoms with Gasteiger partial charge >= 0.3 is 0 Å². The molecule has 1 heterocycles. The average Bonchev–Trinajstić information content (AvgIpc) is 2.96. The van der Waals surface area contributed by atoms with E-state index in [0.29, 0.717) is 30.0 Å². The summed E-state index contributed by atoms with van der Waals surface area (Å²) >= 11 is 0. The molecule has 1 aromatic carbocycles.